The third kappa shape index (κ3) is 5.22. The monoisotopic (exact) mass is 430 g/mol. The highest BCUT2D eigenvalue weighted by molar-refractivity contribution is 5.78. The summed E-state index contributed by atoms with van der Waals surface area (Å²) in [5.74, 6) is 1.58. The van der Waals surface area contributed by atoms with Crippen molar-refractivity contribution < 1.29 is 4.79 Å². The zero-order valence-corrected chi connectivity index (χ0v) is 17.4. The molecule has 162 valence electrons. The van der Waals surface area contributed by atoms with Gasteiger partial charge in [0.05, 0.1) is 17.2 Å². The second-order valence-electron chi connectivity index (χ2n) is 7.12. The molecule has 0 bridgehead atoms. The van der Waals surface area contributed by atoms with Gasteiger partial charge >= 0.3 is 0 Å². The van der Waals surface area contributed by atoms with Crippen LogP contribution >= 0.6 is 0 Å². The molecule has 3 N–H and O–H groups in total. The van der Waals surface area contributed by atoms with Crippen LogP contribution in [0.3, 0.4) is 0 Å². The van der Waals surface area contributed by atoms with Crippen LogP contribution in [0.5, 0.6) is 0 Å². The van der Waals surface area contributed by atoms with E-state index >= 15 is 0 Å². The van der Waals surface area contributed by atoms with Crippen molar-refractivity contribution in [3.8, 4) is 0 Å². The van der Waals surface area contributed by atoms with Gasteiger partial charge in [-0.1, -0.05) is 12.1 Å². The number of amides is 1. The van der Waals surface area contributed by atoms with Crippen molar-refractivity contribution in [1.29, 1.82) is 0 Å². The predicted octanol–water partition coefficient (Wildman–Crippen LogP) is 1.86. The van der Waals surface area contributed by atoms with Crippen molar-refractivity contribution in [3.05, 3.63) is 77.0 Å². The number of nitrogens with zero attached hydrogens (tertiary/aromatic N) is 5. The standard InChI is InChI=1S/C22H22N8O2/c1-15-8-9-23-20(12-15)27-19-7-6-18(28-29-19)24-10-11-25-21(31)13-30-14-26-17-5-3-2-4-16(17)22(30)32/h2-9,12,14H,10-11,13H2,1H3,(H,24,28)(H,25,31)(H,23,27,29). The van der Waals surface area contributed by atoms with Crippen LogP contribution in [-0.2, 0) is 11.3 Å². The summed E-state index contributed by atoms with van der Waals surface area (Å²) >= 11 is 0. The summed E-state index contributed by atoms with van der Waals surface area (Å²) in [5.41, 5.74) is 1.46. The first-order valence-electron chi connectivity index (χ1n) is 10.1. The Bertz CT molecular complexity index is 1290. The van der Waals surface area contributed by atoms with Crippen LogP contribution < -0.4 is 21.5 Å². The Kier molecular flexibility index (Phi) is 6.30. The lowest BCUT2D eigenvalue weighted by atomic mass is 10.2. The average Bonchev–Trinajstić information content (AvgIpc) is 2.80. The summed E-state index contributed by atoms with van der Waals surface area (Å²) in [7, 11) is 0. The number of aryl methyl sites for hydroxylation is 1. The third-order valence-electron chi connectivity index (χ3n) is 4.63. The topological polar surface area (TPSA) is 127 Å². The fourth-order valence-corrected chi connectivity index (χ4v) is 3.05. The first-order chi connectivity index (χ1) is 15.6. The van der Waals surface area contributed by atoms with Crippen molar-refractivity contribution in [2.75, 3.05) is 23.7 Å². The summed E-state index contributed by atoms with van der Waals surface area (Å²) in [6, 6.07) is 14.4. The smallest absolute Gasteiger partial charge is 0.261 e. The molecule has 10 heteroatoms. The molecule has 0 aliphatic carbocycles. The molecule has 0 spiro atoms. The number of hydrogen-bond acceptors (Lipinski definition) is 8. The van der Waals surface area contributed by atoms with E-state index in [-0.39, 0.29) is 18.0 Å². The molecule has 0 saturated heterocycles. The molecule has 4 rings (SSSR count). The van der Waals surface area contributed by atoms with Crippen molar-refractivity contribution in [2.45, 2.75) is 13.5 Å². The minimum Gasteiger partial charge on any atom is -0.367 e. The van der Waals surface area contributed by atoms with E-state index in [1.807, 2.05) is 25.1 Å². The summed E-state index contributed by atoms with van der Waals surface area (Å²) in [4.78, 5) is 33.1. The summed E-state index contributed by atoms with van der Waals surface area (Å²) in [6.45, 7) is 2.71. The van der Waals surface area contributed by atoms with Crippen molar-refractivity contribution in [3.63, 3.8) is 0 Å². The van der Waals surface area contributed by atoms with Crippen LogP contribution in [0.4, 0.5) is 17.5 Å². The number of nitrogens with one attached hydrogen (secondary N) is 3. The maximum atomic E-state index is 12.4. The van der Waals surface area contributed by atoms with E-state index < -0.39 is 0 Å². The zero-order chi connectivity index (χ0) is 22.3. The average molecular weight is 430 g/mol. The minimum atomic E-state index is -0.276. The van der Waals surface area contributed by atoms with Crippen LogP contribution in [0.1, 0.15) is 5.56 Å². The second-order valence-corrected chi connectivity index (χ2v) is 7.12. The van der Waals surface area contributed by atoms with E-state index in [1.165, 1.54) is 10.9 Å². The van der Waals surface area contributed by atoms with E-state index in [0.29, 0.717) is 41.4 Å². The van der Waals surface area contributed by atoms with Gasteiger partial charge in [-0.3, -0.25) is 14.2 Å². The quantitative estimate of drug-likeness (QED) is 0.362. The number of benzene rings is 1. The van der Waals surface area contributed by atoms with Crippen molar-refractivity contribution in [1.82, 2.24) is 30.0 Å². The number of carbonyl (C=O) groups excluding carboxylic acids is 1. The Balaban J connectivity index is 1.23. The first-order valence-corrected chi connectivity index (χ1v) is 10.1. The fourth-order valence-electron chi connectivity index (χ4n) is 3.05. The highest BCUT2D eigenvalue weighted by Crippen LogP contribution is 2.13. The molecule has 0 saturated carbocycles. The molecule has 10 nitrogen and oxygen atoms in total. The molecule has 0 aliphatic heterocycles. The number of rotatable bonds is 8. The van der Waals surface area contributed by atoms with E-state index in [4.69, 9.17) is 0 Å². The highest BCUT2D eigenvalue weighted by atomic mass is 16.2. The molecular formula is C22H22N8O2. The molecule has 0 radical (unpaired) electrons. The molecule has 0 aliphatic rings. The van der Waals surface area contributed by atoms with E-state index in [2.05, 4.69) is 36.1 Å². The molecule has 4 aromatic rings. The summed E-state index contributed by atoms with van der Waals surface area (Å²) < 4.78 is 1.30. The molecule has 32 heavy (non-hydrogen) atoms. The van der Waals surface area contributed by atoms with Gasteiger partial charge in [0.15, 0.2) is 5.82 Å². The van der Waals surface area contributed by atoms with Gasteiger partial charge in [-0.15, -0.1) is 10.2 Å². The van der Waals surface area contributed by atoms with Gasteiger partial charge < -0.3 is 16.0 Å². The number of fused-ring (bicyclic) bond motifs is 1. The molecule has 3 aromatic heterocycles. The maximum Gasteiger partial charge on any atom is 0.261 e. The molecule has 3 heterocycles. The number of aromatic nitrogens is 5. The normalized spacial score (nSPS) is 10.7. The van der Waals surface area contributed by atoms with Gasteiger partial charge in [0.2, 0.25) is 5.91 Å². The van der Waals surface area contributed by atoms with Gasteiger partial charge in [0, 0.05) is 19.3 Å². The Morgan fingerprint density at radius 2 is 1.78 bits per heavy atom. The van der Waals surface area contributed by atoms with Gasteiger partial charge in [0.1, 0.15) is 18.2 Å². The van der Waals surface area contributed by atoms with Crippen LogP contribution in [0, 0.1) is 6.92 Å². The maximum absolute atomic E-state index is 12.4. The third-order valence-corrected chi connectivity index (χ3v) is 4.63. The molecular weight excluding hydrogens is 408 g/mol. The number of anilines is 3. The SMILES string of the molecule is Cc1ccnc(Nc2ccc(NCCNC(=O)Cn3cnc4ccccc4c3=O)nn2)c1. The lowest BCUT2D eigenvalue weighted by Gasteiger charge is -2.09. The van der Waals surface area contributed by atoms with Crippen LogP contribution in [0.2, 0.25) is 0 Å². The van der Waals surface area contributed by atoms with Gasteiger partial charge in [-0.25, -0.2) is 9.97 Å². The molecule has 0 atom stereocenters. The Hall–Kier alpha value is -4.34. The van der Waals surface area contributed by atoms with Gasteiger partial charge in [-0.2, -0.15) is 0 Å². The lowest BCUT2D eigenvalue weighted by molar-refractivity contribution is -0.121. The predicted molar refractivity (Wildman–Crippen MR) is 122 cm³/mol. The summed E-state index contributed by atoms with van der Waals surface area (Å²) in [6.07, 6.45) is 3.11. The lowest BCUT2D eigenvalue weighted by Crippen LogP contribution is -2.35. The molecule has 1 amide bonds. The van der Waals surface area contributed by atoms with Gasteiger partial charge in [-0.05, 0) is 48.9 Å². The van der Waals surface area contributed by atoms with E-state index in [1.54, 1.807) is 36.5 Å². The molecule has 1 aromatic carbocycles. The van der Waals surface area contributed by atoms with Crippen molar-refractivity contribution in [2.24, 2.45) is 0 Å². The number of pyridine rings is 1. The largest absolute Gasteiger partial charge is 0.367 e. The van der Waals surface area contributed by atoms with E-state index in [0.717, 1.165) is 5.56 Å². The molecule has 0 fully saturated rings. The second kappa shape index (κ2) is 9.65. The Labute approximate surface area is 183 Å². The summed E-state index contributed by atoms with van der Waals surface area (Å²) in [5, 5.41) is 17.6. The van der Waals surface area contributed by atoms with Crippen LogP contribution in [-0.4, -0.2) is 43.7 Å². The van der Waals surface area contributed by atoms with Crippen LogP contribution in [0.15, 0.2) is 65.8 Å². The first kappa shape index (κ1) is 20.9. The van der Waals surface area contributed by atoms with E-state index in [9.17, 15) is 9.59 Å². The minimum absolute atomic E-state index is 0.0934. The highest BCUT2D eigenvalue weighted by Gasteiger charge is 2.07. The number of carbonyl (C=O) groups is 1. The van der Waals surface area contributed by atoms with Crippen LogP contribution in [0.25, 0.3) is 10.9 Å². The Morgan fingerprint density at radius 3 is 2.59 bits per heavy atom. The molecule has 0 unspecified atom stereocenters. The van der Waals surface area contributed by atoms with Crippen molar-refractivity contribution >= 4 is 34.3 Å². The number of para-hydroxylation sites is 1. The fraction of sp³-hybridized carbons (Fsp3) is 0.182. The zero-order valence-electron chi connectivity index (χ0n) is 17.4. The number of hydrogen-bond donors (Lipinski definition) is 3. The van der Waals surface area contributed by atoms with Gasteiger partial charge in [0.25, 0.3) is 5.56 Å². The Morgan fingerprint density at radius 1 is 0.969 bits per heavy atom.